The predicted octanol–water partition coefficient (Wildman–Crippen LogP) is 3.69. The zero-order valence-corrected chi connectivity index (χ0v) is 19.6. The van der Waals surface area contributed by atoms with Gasteiger partial charge >= 0.3 is 5.97 Å². The Bertz CT molecular complexity index is 690. The molecule has 1 aromatic carbocycles. The molecule has 0 aliphatic heterocycles. The summed E-state index contributed by atoms with van der Waals surface area (Å²) in [6.45, 7) is 6.37. The highest BCUT2D eigenvalue weighted by Crippen LogP contribution is 2.28. The lowest BCUT2D eigenvalue weighted by molar-refractivity contribution is -0.147. The maximum absolute atomic E-state index is 12.4. The second-order valence-corrected chi connectivity index (χ2v) is 9.03. The van der Waals surface area contributed by atoms with E-state index in [9.17, 15) is 13.8 Å². The van der Waals surface area contributed by atoms with Gasteiger partial charge < -0.3 is 10.1 Å². The van der Waals surface area contributed by atoms with Crippen LogP contribution in [0.25, 0.3) is 0 Å². The summed E-state index contributed by atoms with van der Waals surface area (Å²) in [5.74, 6) is -0.347. The third-order valence-corrected chi connectivity index (χ3v) is 6.72. The van der Waals surface area contributed by atoms with Crippen molar-refractivity contribution in [3.8, 4) is 0 Å². The number of ether oxygens (including phenoxy) is 1. The van der Waals surface area contributed by atoms with Crippen LogP contribution < -0.4 is 10.0 Å². The zero-order chi connectivity index (χ0) is 21.1. The van der Waals surface area contributed by atoms with Crippen molar-refractivity contribution in [2.45, 2.75) is 55.9 Å². The van der Waals surface area contributed by atoms with Crippen LogP contribution in [-0.2, 0) is 25.3 Å². The molecular formula is C19H28BrClN2O4S. The number of esters is 1. The zero-order valence-electron chi connectivity index (χ0n) is 16.4. The number of ketones is 1. The fourth-order valence-corrected chi connectivity index (χ4v) is 3.92. The minimum Gasteiger partial charge on any atom is -0.462 e. The van der Waals surface area contributed by atoms with E-state index in [1.54, 1.807) is 18.2 Å². The summed E-state index contributed by atoms with van der Waals surface area (Å²) in [6, 6.07) is 4.99. The number of carbonyl (C=O) groups is 2. The molecule has 3 atom stereocenters. The van der Waals surface area contributed by atoms with Gasteiger partial charge in [-0.15, -0.1) is 0 Å². The summed E-state index contributed by atoms with van der Waals surface area (Å²) < 4.78 is 20.6. The first-order chi connectivity index (χ1) is 13.3. The Hall–Kier alpha value is -0.800. The minimum absolute atomic E-state index is 0.0490. The molecule has 1 aromatic rings. The Labute approximate surface area is 182 Å². The van der Waals surface area contributed by atoms with Gasteiger partial charge in [-0.25, -0.2) is 8.93 Å². The standard InChI is InChI=1S/C19H28BrClN2O4S/c1-4-5-6-13(2)27-18(25)12-22-9-10-23-28(26)17-11-15(7-8-16(17)21)19(20)14(3)24/h7-8,11,13,19,22-23H,4-6,9-10,12H2,1-3H3. The topological polar surface area (TPSA) is 84.5 Å². The Morgan fingerprint density at radius 3 is 2.68 bits per heavy atom. The lowest BCUT2D eigenvalue weighted by Crippen LogP contribution is -2.33. The Kier molecular flexibility index (Phi) is 12.1. The summed E-state index contributed by atoms with van der Waals surface area (Å²) in [5, 5.41) is 3.31. The van der Waals surface area contributed by atoms with Crippen molar-refractivity contribution in [1.82, 2.24) is 10.0 Å². The van der Waals surface area contributed by atoms with Crippen LogP contribution in [0.4, 0.5) is 0 Å². The van der Waals surface area contributed by atoms with E-state index in [2.05, 4.69) is 32.9 Å². The molecule has 9 heteroatoms. The van der Waals surface area contributed by atoms with E-state index < -0.39 is 15.8 Å². The molecule has 0 aromatic heterocycles. The quantitative estimate of drug-likeness (QED) is 0.248. The van der Waals surface area contributed by atoms with Crippen molar-refractivity contribution in [2.75, 3.05) is 19.6 Å². The van der Waals surface area contributed by atoms with Gasteiger partial charge in [0.25, 0.3) is 0 Å². The number of nitrogens with one attached hydrogen (secondary N) is 2. The van der Waals surface area contributed by atoms with E-state index in [-0.39, 0.29) is 24.4 Å². The Balaban J connectivity index is 2.40. The van der Waals surface area contributed by atoms with E-state index >= 15 is 0 Å². The number of benzene rings is 1. The van der Waals surface area contributed by atoms with Crippen molar-refractivity contribution in [1.29, 1.82) is 0 Å². The van der Waals surface area contributed by atoms with Crippen LogP contribution in [0.15, 0.2) is 23.1 Å². The number of alkyl halides is 1. The minimum atomic E-state index is -1.53. The van der Waals surface area contributed by atoms with Crippen LogP contribution in [0.3, 0.4) is 0 Å². The maximum atomic E-state index is 12.4. The van der Waals surface area contributed by atoms with Gasteiger partial charge in [0, 0.05) is 13.1 Å². The molecule has 1 rings (SSSR count). The van der Waals surface area contributed by atoms with Crippen LogP contribution in [-0.4, -0.2) is 41.7 Å². The smallest absolute Gasteiger partial charge is 0.320 e. The third kappa shape index (κ3) is 9.13. The Morgan fingerprint density at radius 1 is 1.32 bits per heavy atom. The molecule has 0 amide bonds. The molecule has 0 fully saturated rings. The fraction of sp³-hybridized carbons (Fsp3) is 0.579. The van der Waals surface area contributed by atoms with Gasteiger partial charge in [0.15, 0.2) is 0 Å². The average molecular weight is 496 g/mol. The average Bonchev–Trinajstić information content (AvgIpc) is 2.65. The summed E-state index contributed by atoms with van der Waals surface area (Å²) in [4.78, 5) is 23.2. The van der Waals surface area contributed by atoms with E-state index in [0.29, 0.717) is 28.6 Å². The van der Waals surface area contributed by atoms with Crippen molar-refractivity contribution < 1.29 is 18.5 Å². The molecular weight excluding hydrogens is 468 g/mol. The molecule has 0 saturated heterocycles. The number of rotatable bonds is 13. The van der Waals surface area contributed by atoms with Gasteiger partial charge in [-0.3, -0.25) is 9.59 Å². The number of halogens is 2. The van der Waals surface area contributed by atoms with Crippen LogP contribution >= 0.6 is 27.5 Å². The first kappa shape index (κ1) is 25.2. The van der Waals surface area contributed by atoms with E-state index in [4.69, 9.17) is 16.3 Å². The van der Waals surface area contributed by atoms with Crippen molar-refractivity contribution >= 4 is 50.3 Å². The molecule has 0 aliphatic carbocycles. The van der Waals surface area contributed by atoms with Crippen LogP contribution in [0.2, 0.25) is 5.02 Å². The van der Waals surface area contributed by atoms with Gasteiger partial charge in [0.2, 0.25) is 0 Å². The highest BCUT2D eigenvalue weighted by molar-refractivity contribution is 9.09. The highest BCUT2D eigenvalue weighted by Gasteiger charge is 2.16. The lowest BCUT2D eigenvalue weighted by atomic mass is 10.1. The molecule has 2 N–H and O–H groups in total. The van der Waals surface area contributed by atoms with Crippen molar-refractivity contribution in [3.63, 3.8) is 0 Å². The molecule has 0 saturated carbocycles. The molecule has 0 aliphatic rings. The summed E-state index contributed by atoms with van der Waals surface area (Å²) in [6.07, 6.45) is 2.88. The molecule has 0 spiro atoms. The van der Waals surface area contributed by atoms with Crippen molar-refractivity contribution in [3.05, 3.63) is 28.8 Å². The van der Waals surface area contributed by atoms with E-state index in [0.717, 1.165) is 19.3 Å². The van der Waals surface area contributed by atoms with E-state index in [1.807, 2.05) is 6.92 Å². The molecule has 0 heterocycles. The van der Waals surface area contributed by atoms with Crippen LogP contribution in [0.5, 0.6) is 0 Å². The Morgan fingerprint density at radius 2 is 2.04 bits per heavy atom. The van der Waals surface area contributed by atoms with Gasteiger partial charge in [-0.2, -0.15) is 0 Å². The molecule has 3 unspecified atom stereocenters. The fourth-order valence-electron chi connectivity index (χ4n) is 2.37. The van der Waals surface area contributed by atoms with Crippen LogP contribution in [0.1, 0.15) is 50.4 Å². The van der Waals surface area contributed by atoms with Gasteiger partial charge in [0.1, 0.15) is 16.8 Å². The molecule has 0 bridgehead atoms. The van der Waals surface area contributed by atoms with E-state index in [1.165, 1.54) is 6.92 Å². The number of Topliss-reactive ketones (excluding diaryl/α,β-unsaturated/α-hetero) is 1. The number of hydrogen-bond donors (Lipinski definition) is 2. The highest BCUT2D eigenvalue weighted by atomic mass is 79.9. The van der Waals surface area contributed by atoms with Gasteiger partial charge in [0.05, 0.1) is 27.4 Å². The number of hydrogen-bond acceptors (Lipinski definition) is 5. The second kappa shape index (κ2) is 13.4. The molecule has 28 heavy (non-hydrogen) atoms. The predicted molar refractivity (Wildman–Crippen MR) is 116 cm³/mol. The summed E-state index contributed by atoms with van der Waals surface area (Å²) >= 11 is 9.44. The maximum Gasteiger partial charge on any atom is 0.320 e. The second-order valence-electron chi connectivity index (χ2n) is 6.45. The molecule has 158 valence electrons. The number of carbonyl (C=O) groups excluding carboxylic acids is 2. The largest absolute Gasteiger partial charge is 0.462 e. The van der Waals surface area contributed by atoms with Gasteiger partial charge in [-0.1, -0.05) is 53.4 Å². The molecule has 0 radical (unpaired) electrons. The normalized spacial score (nSPS) is 14.3. The summed E-state index contributed by atoms with van der Waals surface area (Å²) in [7, 11) is -1.53. The third-order valence-electron chi connectivity index (χ3n) is 3.91. The van der Waals surface area contributed by atoms with Gasteiger partial charge in [-0.05, 0) is 38.0 Å². The monoisotopic (exact) mass is 494 g/mol. The molecule has 6 nitrogen and oxygen atoms in total. The van der Waals surface area contributed by atoms with Crippen molar-refractivity contribution in [2.24, 2.45) is 0 Å². The summed E-state index contributed by atoms with van der Waals surface area (Å²) in [5.41, 5.74) is 0.695. The van der Waals surface area contributed by atoms with Crippen LogP contribution in [0, 0.1) is 0 Å². The first-order valence-electron chi connectivity index (χ1n) is 9.25. The lowest BCUT2D eigenvalue weighted by Gasteiger charge is -2.13. The number of unbranched alkanes of at least 4 members (excludes halogenated alkanes) is 1. The first-order valence-corrected chi connectivity index (χ1v) is 11.7. The SMILES string of the molecule is CCCCC(C)OC(=O)CNCCNS(=O)c1cc(C(Br)C(C)=O)ccc1Cl.